The molecule has 0 radical (unpaired) electrons. The maximum absolute atomic E-state index is 12.3. The maximum Gasteiger partial charge on any atom is 0.321 e. The van der Waals surface area contributed by atoms with Gasteiger partial charge in [0, 0.05) is 30.1 Å². The van der Waals surface area contributed by atoms with Gasteiger partial charge in [-0.2, -0.15) is 0 Å². The summed E-state index contributed by atoms with van der Waals surface area (Å²) in [6.45, 7) is 2.41. The lowest BCUT2D eigenvalue weighted by molar-refractivity contribution is -0.142. The van der Waals surface area contributed by atoms with Gasteiger partial charge in [0.15, 0.2) is 5.13 Å². The first-order chi connectivity index (χ1) is 14.0. The summed E-state index contributed by atoms with van der Waals surface area (Å²) in [5, 5.41) is 7.49. The van der Waals surface area contributed by atoms with Crippen LogP contribution in [-0.2, 0) is 20.7 Å². The molecule has 1 aliphatic rings. The number of hydrogen-bond acceptors (Lipinski definition) is 7. The topological polar surface area (TPSA) is 110 Å². The van der Waals surface area contributed by atoms with Crippen LogP contribution in [0.15, 0.2) is 29.6 Å². The van der Waals surface area contributed by atoms with Gasteiger partial charge in [-0.25, -0.2) is 9.78 Å². The molecule has 3 rings (SSSR count). The van der Waals surface area contributed by atoms with Gasteiger partial charge in [0.2, 0.25) is 5.91 Å². The molecular weight excluding hydrogens is 396 g/mol. The van der Waals surface area contributed by atoms with Crippen molar-refractivity contribution in [2.45, 2.75) is 25.8 Å². The summed E-state index contributed by atoms with van der Waals surface area (Å²) in [4.78, 5) is 41.9. The highest BCUT2D eigenvalue weighted by atomic mass is 32.1. The molecule has 154 valence electrons. The van der Waals surface area contributed by atoms with Crippen LogP contribution in [0.1, 0.15) is 19.0 Å². The molecule has 1 saturated heterocycles. The van der Waals surface area contributed by atoms with Crippen molar-refractivity contribution in [1.29, 1.82) is 0 Å². The Labute approximate surface area is 172 Å². The molecule has 1 aromatic heterocycles. The normalized spacial score (nSPS) is 15.9. The number of carbonyl (C=O) groups excluding carboxylic acids is 3. The van der Waals surface area contributed by atoms with E-state index >= 15 is 0 Å². The van der Waals surface area contributed by atoms with E-state index < -0.39 is 6.03 Å². The Balaban J connectivity index is 1.53. The van der Waals surface area contributed by atoms with Crippen molar-refractivity contribution in [1.82, 2.24) is 10.3 Å². The van der Waals surface area contributed by atoms with E-state index in [9.17, 15) is 14.4 Å². The van der Waals surface area contributed by atoms with Crippen LogP contribution in [0.2, 0.25) is 0 Å². The van der Waals surface area contributed by atoms with Crippen molar-refractivity contribution in [2.75, 3.05) is 30.5 Å². The Kier molecular flexibility index (Phi) is 6.65. The number of hydrogen-bond donors (Lipinski definition) is 2. The highest BCUT2D eigenvalue weighted by Gasteiger charge is 2.31. The average Bonchev–Trinajstić information content (AvgIpc) is 3.27. The molecule has 1 fully saturated rings. The van der Waals surface area contributed by atoms with E-state index in [2.05, 4.69) is 15.6 Å². The minimum absolute atomic E-state index is 0.0558. The van der Waals surface area contributed by atoms with Crippen LogP contribution in [0, 0.1) is 0 Å². The van der Waals surface area contributed by atoms with Crippen molar-refractivity contribution >= 4 is 40.1 Å². The fraction of sp³-hybridized carbons (Fsp3) is 0.368. The number of rotatable bonds is 7. The van der Waals surface area contributed by atoms with Gasteiger partial charge in [0.05, 0.1) is 31.9 Å². The van der Waals surface area contributed by atoms with E-state index in [0.29, 0.717) is 29.7 Å². The molecular formula is C19H22N4O5S. The highest BCUT2D eigenvalue weighted by Crippen LogP contribution is 2.25. The third-order valence-corrected chi connectivity index (χ3v) is 5.03. The van der Waals surface area contributed by atoms with E-state index in [-0.39, 0.29) is 30.8 Å². The smallest absolute Gasteiger partial charge is 0.321 e. The van der Waals surface area contributed by atoms with Crippen LogP contribution in [0.4, 0.5) is 15.6 Å². The summed E-state index contributed by atoms with van der Waals surface area (Å²) in [6, 6.07) is 6.44. The Morgan fingerprint density at radius 1 is 1.38 bits per heavy atom. The number of aromatic nitrogens is 1. The van der Waals surface area contributed by atoms with Gasteiger partial charge in [-0.1, -0.05) is 6.07 Å². The number of thiazole rings is 1. The molecule has 1 atom stereocenters. The summed E-state index contributed by atoms with van der Waals surface area (Å²) in [5.74, 6) is 0.220. The van der Waals surface area contributed by atoms with Crippen LogP contribution >= 0.6 is 11.3 Å². The molecule has 29 heavy (non-hydrogen) atoms. The fourth-order valence-electron chi connectivity index (χ4n) is 2.96. The Hall–Kier alpha value is -3.14. The minimum atomic E-state index is -0.452. The largest absolute Gasteiger partial charge is 0.497 e. The number of urea groups is 1. The van der Waals surface area contributed by atoms with E-state index in [1.165, 1.54) is 11.3 Å². The van der Waals surface area contributed by atoms with Crippen molar-refractivity contribution < 1.29 is 23.9 Å². The van der Waals surface area contributed by atoms with Crippen molar-refractivity contribution in [2.24, 2.45) is 0 Å². The second-order valence-corrected chi connectivity index (χ2v) is 7.19. The van der Waals surface area contributed by atoms with Gasteiger partial charge >= 0.3 is 12.0 Å². The molecule has 3 amide bonds. The molecule has 0 bridgehead atoms. The van der Waals surface area contributed by atoms with E-state index in [1.54, 1.807) is 36.4 Å². The van der Waals surface area contributed by atoms with Gasteiger partial charge in [0.1, 0.15) is 5.75 Å². The zero-order valence-electron chi connectivity index (χ0n) is 16.1. The second-order valence-electron chi connectivity index (χ2n) is 6.33. The molecule has 9 nitrogen and oxygen atoms in total. The predicted molar refractivity (Wildman–Crippen MR) is 108 cm³/mol. The number of nitrogens with zero attached hydrogens (tertiary/aromatic N) is 2. The van der Waals surface area contributed by atoms with Gasteiger partial charge in [-0.15, -0.1) is 11.3 Å². The number of ether oxygens (including phenoxy) is 2. The summed E-state index contributed by atoms with van der Waals surface area (Å²) >= 11 is 1.22. The molecule has 1 aromatic carbocycles. The van der Waals surface area contributed by atoms with Gasteiger partial charge < -0.3 is 19.7 Å². The summed E-state index contributed by atoms with van der Waals surface area (Å²) in [7, 11) is 1.57. The number of esters is 1. The highest BCUT2D eigenvalue weighted by molar-refractivity contribution is 7.13. The van der Waals surface area contributed by atoms with Gasteiger partial charge in [0.25, 0.3) is 0 Å². The summed E-state index contributed by atoms with van der Waals surface area (Å²) in [6.07, 6.45) is 0.261. The van der Waals surface area contributed by atoms with Crippen molar-refractivity contribution in [3.05, 3.63) is 35.3 Å². The molecule has 0 spiro atoms. The quantitative estimate of drug-likeness (QED) is 0.667. The monoisotopic (exact) mass is 418 g/mol. The lowest BCUT2D eigenvalue weighted by Crippen LogP contribution is -2.39. The molecule has 0 unspecified atom stereocenters. The van der Waals surface area contributed by atoms with Crippen LogP contribution in [-0.4, -0.2) is 49.2 Å². The van der Waals surface area contributed by atoms with Gasteiger partial charge in [-0.05, 0) is 19.1 Å². The Morgan fingerprint density at radius 3 is 2.97 bits per heavy atom. The minimum Gasteiger partial charge on any atom is -0.497 e. The number of amides is 3. The number of carbonyl (C=O) groups is 3. The third-order valence-electron chi connectivity index (χ3n) is 4.23. The first-order valence-corrected chi connectivity index (χ1v) is 9.98. The van der Waals surface area contributed by atoms with Crippen LogP contribution in [0.5, 0.6) is 5.75 Å². The number of benzene rings is 1. The molecule has 2 aromatic rings. The average molecular weight is 418 g/mol. The molecule has 2 N–H and O–H groups in total. The fourth-order valence-corrected chi connectivity index (χ4v) is 3.66. The lowest BCUT2D eigenvalue weighted by atomic mass is 10.2. The Bertz CT molecular complexity index is 900. The summed E-state index contributed by atoms with van der Waals surface area (Å²) < 4.78 is 10.1. The van der Waals surface area contributed by atoms with E-state index in [4.69, 9.17) is 9.47 Å². The first-order valence-electron chi connectivity index (χ1n) is 9.10. The zero-order valence-corrected chi connectivity index (χ0v) is 17.0. The van der Waals surface area contributed by atoms with Gasteiger partial charge in [-0.3, -0.25) is 14.9 Å². The van der Waals surface area contributed by atoms with Crippen LogP contribution in [0.3, 0.4) is 0 Å². The standard InChI is InChI=1S/C19H22N4O5S/c1-3-28-17(25)8-13-11-29-19(21-13)22-18(26)20-12-7-16(24)23(10-12)14-5-4-6-15(9-14)27-2/h4-6,9,11-12H,3,7-8,10H2,1-2H3,(H2,20,21,22,26)/t12-/m0/s1. The lowest BCUT2D eigenvalue weighted by Gasteiger charge is -2.18. The zero-order chi connectivity index (χ0) is 20.8. The number of anilines is 2. The van der Waals surface area contributed by atoms with Crippen LogP contribution in [0.25, 0.3) is 0 Å². The molecule has 0 aliphatic carbocycles. The summed E-state index contributed by atoms with van der Waals surface area (Å²) in [5.41, 5.74) is 1.26. The molecule has 0 saturated carbocycles. The molecule has 2 heterocycles. The van der Waals surface area contributed by atoms with Crippen LogP contribution < -0.4 is 20.3 Å². The van der Waals surface area contributed by atoms with Crippen molar-refractivity contribution in [3.63, 3.8) is 0 Å². The first kappa shape index (κ1) is 20.6. The van der Waals surface area contributed by atoms with E-state index in [0.717, 1.165) is 5.69 Å². The molecule has 1 aliphatic heterocycles. The maximum atomic E-state index is 12.3. The number of methoxy groups -OCH3 is 1. The SMILES string of the molecule is CCOC(=O)Cc1csc(NC(=O)N[C@H]2CC(=O)N(c3cccc(OC)c3)C2)n1. The Morgan fingerprint density at radius 2 is 2.21 bits per heavy atom. The third kappa shape index (κ3) is 5.44. The van der Waals surface area contributed by atoms with E-state index in [1.807, 2.05) is 12.1 Å². The second kappa shape index (κ2) is 9.37. The predicted octanol–water partition coefficient (Wildman–Crippen LogP) is 2.18. The van der Waals surface area contributed by atoms with Crippen molar-refractivity contribution in [3.8, 4) is 5.75 Å². The molecule has 10 heteroatoms. The number of nitrogens with one attached hydrogen (secondary N) is 2.